The molecule has 3 rings (SSSR count). The van der Waals surface area contributed by atoms with Gasteiger partial charge in [-0.05, 0) is 30.3 Å². The summed E-state index contributed by atoms with van der Waals surface area (Å²) in [7, 11) is 1.49. The number of carbonyl (C=O) groups is 2. The summed E-state index contributed by atoms with van der Waals surface area (Å²) < 4.78 is 23.7. The lowest BCUT2D eigenvalue weighted by Gasteiger charge is -2.34. The highest BCUT2D eigenvalue weighted by Crippen LogP contribution is 2.21. The molecule has 0 N–H and O–H groups in total. The molecule has 1 aromatic carbocycles. The Bertz CT molecular complexity index is 752. The number of methoxy groups -OCH3 is 1. The molecule has 2 aromatic rings. The van der Waals surface area contributed by atoms with Gasteiger partial charge in [0.25, 0.3) is 5.91 Å². The second-order valence-electron chi connectivity index (χ2n) is 5.78. The Balaban J connectivity index is 1.59. The van der Waals surface area contributed by atoms with Crippen LogP contribution < -0.4 is 4.74 Å². The predicted molar refractivity (Wildman–Crippen MR) is 87.8 cm³/mol. The number of piperazine rings is 1. The normalized spacial score (nSPS) is 14.5. The molecular formula is C18H19FN2O4. The van der Waals surface area contributed by atoms with Gasteiger partial charge in [0.05, 0.1) is 19.8 Å². The summed E-state index contributed by atoms with van der Waals surface area (Å²) in [6.07, 6.45) is 1.52. The van der Waals surface area contributed by atoms with Gasteiger partial charge in [-0.1, -0.05) is 0 Å². The fourth-order valence-electron chi connectivity index (χ4n) is 2.88. The highest BCUT2D eigenvalue weighted by Gasteiger charge is 2.26. The standard InChI is InChI=1S/C18H19FN2O4/c1-24-15-5-4-14(19)11-13(15)12-17(22)20-6-8-21(9-7-20)18(23)16-3-2-10-25-16/h2-5,10-11H,6-9,12H2,1H3. The van der Waals surface area contributed by atoms with Crippen LogP contribution in [0.15, 0.2) is 41.0 Å². The Morgan fingerprint density at radius 2 is 1.88 bits per heavy atom. The first-order chi connectivity index (χ1) is 12.1. The zero-order valence-electron chi connectivity index (χ0n) is 13.9. The van der Waals surface area contributed by atoms with E-state index in [0.29, 0.717) is 43.3 Å². The number of nitrogens with zero attached hydrogens (tertiary/aromatic N) is 2. The van der Waals surface area contributed by atoms with Crippen molar-refractivity contribution in [3.8, 4) is 5.75 Å². The average Bonchev–Trinajstić information content (AvgIpc) is 3.16. The molecule has 2 heterocycles. The summed E-state index contributed by atoms with van der Waals surface area (Å²) in [5.41, 5.74) is 0.515. The van der Waals surface area contributed by atoms with Crippen LogP contribution in [0.3, 0.4) is 0 Å². The minimum atomic E-state index is -0.405. The Kier molecular flexibility index (Phi) is 5.02. The van der Waals surface area contributed by atoms with Gasteiger partial charge in [0, 0.05) is 31.7 Å². The third-order valence-corrected chi connectivity index (χ3v) is 4.24. The van der Waals surface area contributed by atoms with Crippen molar-refractivity contribution in [1.29, 1.82) is 0 Å². The fourth-order valence-corrected chi connectivity index (χ4v) is 2.88. The van der Waals surface area contributed by atoms with Gasteiger partial charge in [-0.15, -0.1) is 0 Å². The molecule has 132 valence electrons. The molecule has 1 aliphatic rings. The third-order valence-electron chi connectivity index (χ3n) is 4.24. The van der Waals surface area contributed by atoms with E-state index in [1.165, 1.54) is 31.6 Å². The Hall–Kier alpha value is -2.83. The third kappa shape index (κ3) is 3.81. The highest BCUT2D eigenvalue weighted by molar-refractivity contribution is 5.91. The number of benzene rings is 1. The SMILES string of the molecule is COc1ccc(F)cc1CC(=O)N1CCN(C(=O)c2ccco2)CC1. The molecule has 0 radical (unpaired) electrons. The number of amides is 2. The quantitative estimate of drug-likeness (QED) is 0.849. The molecule has 7 heteroatoms. The zero-order valence-corrected chi connectivity index (χ0v) is 13.9. The Morgan fingerprint density at radius 1 is 1.16 bits per heavy atom. The van der Waals surface area contributed by atoms with Crippen LogP contribution in [0, 0.1) is 5.82 Å². The van der Waals surface area contributed by atoms with Gasteiger partial charge in [0.2, 0.25) is 5.91 Å². The summed E-state index contributed by atoms with van der Waals surface area (Å²) in [6.45, 7) is 1.74. The highest BCUT2D eigenvalue weighted by atomic mass is 19.1. The van der Waals surface area contributed by atoms with Gasteiger partial charge in [0.15, 0.2) is 5.76 Å². The lowest BCUT2D eigenvalue weighted by molar-refractivity contribution is -0.131. The smallest absolute Gasteiger partial charge is 0.289 e. The average molecular weight is 346 g/mol. The van der Waals surface area contributed by atoms with Crippen LogP contribution in [0.5, 0.6) is 5.75 Å². The minimum Gasteiger partial charge on any atom is -0.496 e. The first-order valence-electron chi connectivity index (χ1n) is 8.01. The van der Waals surface area contributed by atoms with E-state index in [9.17, 15) is 14.0 Å². The maximum absolute atomic E-state index is 13.4. The molecule has 2 amide bonds. The second kappa shape index (κ2) is 7.38. The molecule has 1 saturated heterocycles. The lowest BCUT2D eigenvalue weighted by Crippen LogP contribution is -2.50. The van der Waals surface area contributed by atoms with E-state index >= 15 is 0 Å². The molecule has 25 heavy (non-hydrogen) atoms. The van der Waals surface area contributed by atoms with Gasteiger partial charge < -0.3 is 19.0 Å². The number of halogens is 1. The number of hydrogen-bond donors (Lipinski definition) is 0. The van der Waals surface area contributed by atoms with Crippen LogP contribution in [0.1, 0.15) is 16.1 Å². The van der Waals surface area contributed by atoms with Crippen molar-refractivity contribution in [2.75, 3.05) is 33.3 Å². The number of ether oxygens (including phenoxy) is 1. The molecule has 0 atom stereocenters. The molecule has 6 nitrogen and oxygen atoms in total. The van der Waals surface area contributed by atoms with Gasteiger partial charge in [-0.3, -0.25) is 9.59 Å². The number of carbonyl (C=O) groups excluding carboxylic acids is 2. The van der Waals surface area contributed by atoms with Crippen molar-refractivity contribution in [1.82, 2.24) is 9.80 Å². The van der Waals surface area contributed by atoms with E-state index in [1.807, 2.05) is 0 Å². The van der Waals surface area contributed by atoms with Crippen LogP contribution in [0.2, 0.25) is 0 Å². The van der Waals surface area contributed by atoms with Crippen molar-refractivity contribution in [3.63, 3.8) is 0 Å². The van der Waals surface area contributed by atoms with Crippen molar-refractivity contribution in [2.24, 2.45) is 0 Å². The van der Waals surface area contributed by atoms with E-state index < -0.39 is 5.82 Å². The molecule has 1 aliphatic heterocycles. The topological polar surface area (TPSA) is 63.0 Å². The summed E-state index contributed by atoms with van der Waals surface area (Å²) in [5, 5.41) is 0. The molecule has 0 aliphatic carbocycles. The Labute approximate surface area is 144 Å². The summed E-state index contributed by atoms with van der Waals surface area (Å²) >= 11 is 0. The molecule has 0 unspecified atom stereocenters. The second-order valence-corrected chi connectivity index (χ2v) is 5.78. The van der Waals surface area contributed by atoms with E-state index in [4.69, 9.17) is 9.15 Å². The number of rotatable bonds is 4. The number of hydrogen-bond acceptors (Lipinski definition) is 4. The van der Waals surface area contributed by atoms with Crippen LogP contribution in [-0.2, 0) is 11.2 Å². The van der Waals surface area contributed by atoms with Crippen molar-refractivity contribution >= 4 is 11.8 Å². The van der Waals surface area contributed by atoms with Gasteiger partial charge in [0.1, 0.15) is 11.6 Å². The fraction of sp³-hybridized carbons (Fsp3) is 0.333. The summed E-state index contributed by atoms with van der Waals surface area (Å²) in [4.78, 5) is 28.0. The van der Waals surface area contributed by atoms with Crippen LogP contribution in [0.4, 0.5) is 4.39 Å². The monoisotopic (exact) mass is 346 g/mol. The van der Waals surface area contributed by atoms with E-state index in [2.05, 4.69) is 0 Å². The largest absolute Gasteiger partial charge is 0.496 e. The summed E-state index contributed by atoms with van der Waals surface area (Å²) in [6, 6.07) is 7.41. The number of furan rings is 1. The maximum Gasteiger partial charge on any atom is 0.289 e. The summed E-state index contributed by atoms with van der Waals surface area (Å²) in [5.74, 6) is 0.0843. The van der Waals surface area contributed by atoms with Crippen molar-refractivity contribution < 1.29 is 23.1 Å². The van der Waals surface area contributed by atoms with Gasteiger partial charge in [-0.25, -0.2) is 4.39 Å². The Morgan fingerprint density at radius 3 is 2.52 bits per heavy atom. The predicted octanol–water partition coefficient (Wildman–Crippen LogP) is 1.95. The molecule has 0 spiro atoms. The van der Waals surface area contributed by atoms with Gasteiger partial charge in [-0.2, -0.15) is 0 Å². The molecule has 1 fully saturated rings. The van der Waals surface area contributed by atoms with Crippen LogP contribution in [0.25, 0.3) is 0 Å². The lowest BCUT2D eigenvalue weighted by atomic mass is 10.1. The molecule has 0 saturated carbocycles. The molecule has 0 bridgehead atoms. The molecule has 1 aromatic heterocycles. The zero-order chi connectivity index (χ0) is 17.8. The van der Waals surface area contributed by atoms with Gasteiger partial charge >= 0.3 is 0 Å². The first kappa shape index (κ1) is 17.0. The minimum absolute atomic E-state index is 0.0626. The van der Waals surface area contributed by atoms with Crippen LogP contribution >= 0.6 is 0 Å². The maximum atomic E-state index is 13.4. The van der Waals surface area contributed by atoms with Crippen molar-refractivity contribution in [2.45, 2.75) is 6.42 Å². The van der Waals surface area contributed by atoms with E-state index in [-0.39, 0.29) is 18.2 Å². The van der Waals surface area contributed by atoms with E-state index in [1.54, 1.807) is 21.9 Å². The first-order valence-corrected chi connectivity index (χ1v) is 8.01. The van der Waals surface area contributed by atoms with Crippen molar-refractivity contribution in [3.05, 3.63) is 53.7 Å². The molecular weight excluding hydrogens is 327 g/mol. The van der Waals surface area contributed by atoms with E-state index in [0.717, 1.165) is 0 Å². The van der Waals surface area contributed by atoms with Crippen LogP contribution in [-0.4, -0.2) is 54.9 Å².